The van der Waals surface area contributed by atoms with Crippen molar-refractivity contribution in [2.75, 3.05) is 13.2 Å². The van der Waals surface area contributed by atoms with Gasteiger partial charge in [0.25, 0.3) is 0 Å². The van der Waals surface area contributed by atoms with Gasteiger partial charge in [0.05, 0.1) is 12.5 Å². The van der Waals surface area contributed by atoms with Gasteiger partial charge in [0.15, 0.2) is 0 Å². The summed E-state index contributed by atoms with van der Waals surface area (Å²) in [6.45, 7) is 6.60. The van der Waals surface area contributed by atoms with Crippen molar-refractivity contribution in [2.45, 2.75) is 45.7 Å². The van der Waals surface area contributed by atoms with Gasteiger partial charge in [-0.05, 0) is 33.6 Å². The number of esters is 1. The molecule has 1 rings (SSSR count). The molecule has 17 heavy (non-hydrogen) atoms. The first-order valence-corrected chi connectivity index (χ1v) is 6.19. The van der Waals surface area contributed by atoms with E-state index < -0.39 is 0 Å². The zero-order valence-electron chi connectivity index (χ0n) is 10.8. The number of ether oxygens (including phenoxy) is 1. The van der Waals surface area contributed by atoms with E-state index in [0.717, 1.165) is 12.8 Å². The molecule has 0 aromatic carbocycles. The molecule has 3 unspecified atom stereocenters. The Bertz CT molecular complexity index is 293. The normalized spacial score (nSPS) is 27.5. The summed E-state index contributed by atoms with van der Waals surface area (Å²) >= 11 is 0. The third kappa shape index (κ3) is 3.43. The number of nitrogens with zero attached hydrogens (tertiary/aromatic N) is 1. The first-order valence-electron chi connectivity index (χ1n) is 6.19. The number of primary amides is 1. The van der Waals surface area contributed by atoms with Crippen molar-refractivity contribution in [1.29, 1.82) is 0 Å². The van der Waals surface area contributed by atoms with Crippen LogP contribution < -0.4 is 5.73 Å². The number of carbonyl (C=O) groups excluding carboxylic acids is 2. The second-order valence-corrected chi connectivity index (χ2v) is 4.65. The number of piperidine rings is 1. The van der Waals surface area contributed by atoms with Crippen LogP contribution in [0.15, 0.2) is 0 Å². The monoisotopic (exact) mass is 242 g/mol. The van der Waals surface area contributed by atoms with E-state index in [-0.39, 0.29) is 29.9 Å². The highest BCUT2D eigenvalue weighted by Crippen LogP contribution is 2.24. The molecule has 2 N–H and O–H groups in total. The average Bonchev–Trinajstić information content (AvgIpc) is 2.28. The lowest BCUT2D eigenvalue weighted by atomic mass is 9.92. The predicted molar refractivity (Wildman–Crippen MR) is 64.2 cm³/mol. The van der Waals surface area contributed by atoms with Crippen LogP contribution in [0.2, 0.25) is 0 Å². The third-order valence-corrected chi connectivity index (χ3v) is 3.46. The molecule has 3 atom stereocenters. The van der Waals surface area contributed by atoms with Gasteiger partial charge in [-0.15, -0.1) is 0 Å². The zero-order chi connectivity index (χ0) is 13.0. The fraction of sp³-hybridized carbons (Fsp3) is 0.833. The van der Waals surface area contributed by atoms with E-state index in [2.05, 4.69) is 6.92 Å². The van der Waals surface area contributed by atoms with Gasteiger partial charge in [-0.2, -0.15) is 0 Å². The molecule has 5 heteroatoms. The molecule has 0 aromatic rings. The summed E-state index contributed by atoms with van der Waals surface area (Å²) < 4.78 is 5.00. The summed E-state index contributed by atoms with van der Waals surface area (Å²) in [6, 6.07) is -0.0305. The summed E-state index contributed by atoms with van der Waals surface area (Å²) in [4.78, 5) is 24.9. The Labute approximate surface area is 102 Å². The van der Waals surface area contributed by atoms with E-state index in [1.807, 2.05) is 11.8 Å². The lowest BCUT2D eigenvalue weighted by Gasteiger charge is -2.39. The molecule has 98 valence electrons. The quantitative estimate of drug-likeness (QED) is 0.730. The Balaban J connectivity index is 2.66. The summed E-state index contributed by atoms with van der Waals surface area (Å²) in [5, 5.41) is 0. The summed E-state index contributed by atoms with van der Waals surface area (Å²) in [5.74, 6) is -0.662. The summed E-state index contributed by atoms with van der Waals surface area (Å²) in [6.07, 6.45) is 1.69. The molecule has 0 aromatic heterocycles. The van der Waals surface area contributed by atoms with E-state index in [4.69, 9.17) is 10.5 Å². The van der Waals surface area contributed by atoms with Crippen LogP contribution in [0.3, 0.4) is 0 Å². The topological polar surface area (TPSA) is 72.6 Å². The number of likely N-dealkylation sites (tertiary alicyclic amines) is 1. The van der Waals surface area contributed by atoms with E-state index in [1.54, 1.807) is 6.92 Å². The Morgan fingerprint density at radius 1 is 1.47 bits per heavy atom. The van der Waals surface area contributed by atoms with Crippen LogP contribution in [0, 0.1) is 5.92 Å². The van der Waals surface area contributed by atoms with Gasteiger partial charge in [-0.1, -0.05) is 0 Å². The first kappa shape index (κ1) is 14.0. The fourth-order valence-corrected chi connectivity index (χ4v) is 2.30. The molecule has 1 fully saturated rings. The molecule has 1 heterocycles. The molecular formula is C12H22N2O3. The molecule has 1 amide bonds. The Hall–Kier alpha value is -1.10. The fourth-order valence-electron chi connectivity index (χ4n) is 2.30. The van der Waals surface area contributed by atoms with Gasteiger partial charge in [-0.3, -0.25) is 14.5 Å². The van der Waals surface area contributed by atoms with E-state index in [1.165, 1.54) is 0 Å². The average molecular weight is 242 g/mol. The van der Waals surface area contributed by atoms with Gasteiger partial charge in [0.1, 0.15) is 6.04 Å². The Morgan fingerprint density at radius 3 is 2.65 bits per heavy atom. The molecule has 1 saturated heterocycles. The first-order chi connectivity index (χ1) is 7.97. The highest BCUT2D eigenvalue weighted by molar-refractivity contribution is 5.78. The van der Waals surface area contributed by atoms with Crippen LogP contribution in [0.25, 0.3) is 0 Å². The van der Waals surface area contributed by atoms with Crippen LogP contribution in [-0.2, 0) is 14.3 Å². The van der Waals surface area contributed by atoms with Crippen LogP contribution in [0.1, 0.15) is 33.6 Å². The molecule has 0 bridgehead atoms. The molecule has 1 aliphatic heterocycles. The maximum Gasteiger partial charge on any atom is 0.323 e. The molecule has 0 saturated carbocycles. The molecule has 0 spiro atoms. The third-order valence-electron chi connectivity index (χ3n) is 3.46. The smallest absolute Gasteiger partial charge is 0.323 e. The van der Waals surface area contributed by atoms with Crippen molar-refractivity contribution in [3.63, 3.8) is 0 Å². The van der Waals surface area contributed by atoms with Crippen molar-refractivity contribution < 1.29 is 14.3 Å². The number of nitrogens with two attached hydrogens (primary N) is 1. The number of amides is 1. The predicted octanol–water partition coefficient (Wildman–Crippen LogP) is 0.524. The van der Waals surface area contributed by atoms with Crippen LogP contribution in [0.5, 0.6) is 0 Å². The van der Waals surface area contributed by atoms with Gasteiger partial charge in [0.2, 0.25) is 5.91 Å². The van der Waals surface area contributed by atoms with E-state index in [9.17, 15) is 9.59 Å². The Kier molecular flexibility index (Phi) is 4.93. The number of carbonyl (C=O) groups is 2. The van der Waals surface area contributed by atoms with Crippen molar-refractivity contribution in [1.82, 2.24) is 4.90 Å². The molecule has 0 radical (unpaired) electrons. The minimum atomic E-state index is -0.313. The van der Waals surface area contributed by atoms with Gasteiger partial charge >= 0.3 is 5.97 Å². The van der Waals surface area contributed by atoms with Crippen molar-refractivity contribution in [2.24, 2.45) is 11.7 Å². The lowest BCUT2D eigenvalue weighted by Crippen LogP contribution is -2.52. The van der Waals surface area contributed by atoms with Crippen LogP contribution >= 0.6 is 0 Å². The highest BCUT2D eigenvalue weighted by Gasteiger charge is 2.34. The lowest BCUT2D eigenvalue weighted by molar-refractivity contribution is -0.151. The highest BCUT2D eigenvalue weighted by atomic mass is 16.5. The van der Waals surface area contributed by atoms with Crippen LogP contribution in [-0.4, -0.2) is 42.0 Å². The maximum atomic E-state index is 11.7. The van der Waals surface area contributed by atoms with E-state index >= 15 is 0 Å². The minimum absolute atomic E-state index is 0.150. The van der Waals surface area contributed by atoms with Gasteiger partial charge in [0, 0.05) is 12.6 Å². The molecular weight excluding hydrogens is 220 g/mol. The van der Waals surface area contributed by atoms with E-state index in [0.29, 0.717) is 13.2 Å². The SMILES string of the molecule is CCOC(=O)C(C)N1CC(C(N)=O)CCC1C. The Morgan fingerprint density at radius 2 is 2.12 bits per heavy atom. The number of hydrogen-bond acceptors (Lipinski definition) is 4. The zero-order valence-corrected chi connectivity index (χ0v) is 10.8. The maximum absolute atomic E-state index is 11.7. The second-order valence-electron chi connectivity index (χ2n) is 4.65. The standard InChI is InChI=1S/C12H22N2O3/c1-4-17-12(16)9(3)14-7-10(11(13)15)6-5-8(14)2/h8-10H,4-7H2,1-3H3,(H2,13,15). The van der Waals surface area contributed by atoms with Crippen molar-refractivity contribution in [3.05, 3.63) is 0 Å². The molecule has 1 aliphatic rings. The largest absolute Gasteiger partial charge is 0.465 e. The number of rotatable bonds is 4. The van der Waals surface area contributed by atoms with Gasteiger partial charge in [-0.25, -0.2) is 0 Å². The minimum Gasteiger partial charge on any atom is -0.465 e. The van der Waals surface area contributed by atoms with Crippen molar-refractivity contribution in [3.8, 4) is 0 Å². The molecule has 5 nitrogen and oxygen atoms in total. The summed E-state index contributed by atoms with van der Waals surface area (Å²) in [7, 11) is 0. The number of hydrogen-bond donors (Lipinski definition) is 1. The van der Waals surface area contributed by atoms with Crippen LogP contribution in [0.4, 0.5) is 0 Å². The van der Waals surface area contributed by atoms with Crippen molar-refractivity contribution >= 4 is 11.9 Å². The second kappa shape index (κ2) is 6.00. The van der Waals surface area contributed by atoms with Gasteiger partial charge < -0.3 is 10.5 Å². The summed E-state index contributed by atoms with van der Waals surface area (Å²) in [5.41, 5.74) is 5.33. The molecule has 0 aliphatic carbocycles.